The van der Waals surface area contributed by atoms with Gasteiger partial charge >= 0.3 is 0 Å². The number of allylic oxidation sites excluding steroid dienone is 3. The van der Waals surface area contributed by atoms with Gasteiger partial charge in [0.2, 0.25) is 6.04 Å². The molecule has 0 radical (unpaired) electrons. The zero-order valence-electron chi connectivity index (χ0n) is 6.57. The minimum absolute atomic E-state index is 0.417. The summed E-state index contributed by atoms with van der Waals surface area (Å²) >= 11 is 0. The highest BCUT2D eigenvalue weighted by Gasteiger charge is 2.34. The van der Waals surface area contributed by atoms with Crippen molar-refractivity contribution in [3.8, 4) is 0 Å². The van der Waals surface area contributed by atoms with Crippen LogP contribution in [0.2, 0.25) is 0 Å². The van der Waals surface area contributed by atoms with E-state index in [4.69, 9.17) is 0 Å². The lowest BCUT2D eigenvalue weighted by Crippen LogP contribution is -2.33. The summed E-state index contributed by atoms with van der Waals surface area (Å²) in [7, 11) is 0. The summed E-state index contributed by atoms with van der Waals surface area (Å²) in [4.78, 5) is 0. The molecule has 0 bridgehead atoms. The van der Waals surface area contributed by atoms with Gasteiger partial charge in [0, 0.05) is 11.6 Å². The van der Waals surface area contributed by atoms with Crippen LogP contribution < -0.4 is 5.32 Å². The normalized spacial score (nSPS) is 28.7. The Morgan fingerprint density at radius 1 is 1.33 bits per heavy atom. The van der Waals surface area contributed by atoms with E-state index in [1.807, 2.05) is 6.20 Å². The topological polar surface area (TPSA) is 15.0 Å². The van der Waals surface area contributed by atoms with Crippen molar-refractivity contribution in [2.24, 2.45) is 0 Å². The molecule has 12 heavy (non-hydrogen) atoms. The summed E-state index contributed by atoms with van der Waals surface area (Å²) in [5, 5.41) is 3.25. The van der Waals surface area contributed by atoms with E-state index < -0.39 is 0 Å². The van der Waals surface area contributed by atoms with Gasteiger partial charge in [-0.05, 0) is 6.08 Å². The van der Waals surface area contributed by atoms with E-state index in [0.29, 0.717) is 6.04 Å². The molecule has 0 aromatic heterocycles. The second-order valence-electron chi connectivity index (χ2n) is 3.11. The van der Waals surface area contributed by atoms with Gasteiger partial charge in [0.1, 0.15) is 0 Å². The Kier molecular flexibility index (Phi) is 0.987. The van der Waals surface area contributed by atoms with Gasteiger partial charge in [-0.1, -0.05) is 12.2 Å². The number of hydrogen-bond donors (Lipinski definition) is 1. The number of hydrogen-bond acceptors (Lipinski definition) is 1. The third kappa shape index (κ3) is 0.619. The van der Waals surface area contributed by atoms with Crippen LogP contribution in [0.3, 0.4) is 0 Å². The lowest BCUT2D eigenvalue weighted by Gasteiger charge is -2.19. The molecule has 2 heterocycles. The van der Waals surface area contributed by atoms with E-state index >= 15 is 0 Å². The molecule has 0 spiro atoms. The third-order valence-corrected chi connectivity index (χ3v) is 2.41. The van der Waals surface area contributed by atoms with Crippen LogP contribution in [0.15, 0.2) is 48.0 Å². The summed E-state index contributed by atoms with van der Waals surface area (Å²) in [5.41, 5.74) is 2.63. The fourth-order valence-corrected chi connectivity index (χ4v) is 1.84. The van der Waals surface area contributed by atoms with E-state index in [9.17, 15) is 0 Å². The highest BCUT2D eigenvalue weighted by atomic mass is 15.1. The van der Waals surface area contributed by atoms with Gasteiger partial charge in [0.05, 0.1) is 11.9 Å². The molecule has 0 aromatic rings. The first kappa shape index (κ1) is 6.00. The van der Waals surface area contributed by atoms with E-state index in [1.54, 1.807) is 0 Å². The van der Waals surface area contributed by atoms with Crippen LogP contribution in [-0.4, -0.2) is 16.8 Å². The van der Waals surface area contributed by atoms with Crippen LogP contribution in [0.5, 0.6) is 0 Å². The molecule has 2 heteroatoms. The van der Waals surface area contributed by atoms with Gasteiger partial charge in [0.25, 0.3) is 0 Å². The maximum Gasteiger partial charge on any atom is 0.223 e. The molecule has 3 rings (SSSR count). The Balaban J connectivity index is 2.21. The Morgan fingerprint density at radius 3 is 3.33 bits per heavy atom. The molecule has 58 valence electrons. The molecule has 0 aromatic carbocycles. The highest BCUT2D eigenvalue weighted by Crippen LogP contribution is 2.25. The van der Waals surface area contributed by atoms with Crippen LogP contribution in [0.4, 0.5) is 0 Å². The second kappa shape index (κ2) is 1.97. The average Bonchev–Trinajstić information content (AvgIpc) is 2.52. The van der Waals surface area contributed by atoms with Crippen molar-refractivity contribution in [2.45, 2.75) is 6.04 Å². The van der Waals surface area contributed by atoms with Crippen LogP contribution in [-0.2, 0) is 0 Å². The molecule has 1 N–H and O–H groups in total. The Bertz CT molecular complexity index is 381. The lowest BCUT2D eigenvalue weighted by molar-refractivity contribution is -0.474. The van der Waals surface area contributed by atoms with E-state index in [2.05, 4.69) is 46.6 Å². The first-order valence-corrected chi connectivity index (χ1v) is 4.09. The zero-order chi connectivity index (χ0) is 7.97. The zero-order valence-corrected chi connectivity index (χ0v) is 6.57. The largest absolute Gasteiger partial charge is 0.354 e. The molecule has 1 aliphatic carbocycles. The average molecular weight is 157 g/mol. The summed E-state index contributed by atoms with van der Waals surface area (Å²) in [6.45, 7) is 0. The molecule has 1 atom stereocenters. The monoisotopic (exact) mass is 157 g/mol. The predicted molar refractivity (Wildman–Crippen MR) is 47.7 cm³/mol. The first-order valence-electron chi connectivity index (χ1n) is 4.09. The van der Waals surface area contributed by atoms with Gasteiger partial charge in [0.15, 0.2) is 12.4 Å². The lowest BCUT2D eigenvalue weighted by atomic mass is 9.99. The highest BCUT2D eigenvalue weighted by molar-refractivity contribution is 5.73. The summed E-state index contributed by atoms with van der Waals surface area (Å²) in [5.74, 6) is 0. The van der Waals surface area contributed by atoms with Gasteiger partial charge in [-0.3, -0.25) is 0 Å². The Labute approximate surface area is 70.9 Å². The van der Waals surface area contributed by atoms with Gasteiger partial charge in [-0.2, -0.15) is 4.58 Å². The summed E-state index contributed by atoms with van der Waals surface area (Å²) in [6, 6.07) is 0.417. The summed E-state index contributed by atoms with van der Waals surface area (Å²) < 4.78 is 2.21. The van der Waals surface area contributed by atoms with E-state index in [-0.39, 0.29) is 0 Å². The van der Waals surface area contributed by atoms with Gasteiger partial charge in [-0.15, -0.1) is 0 Å². The number of nitrogens with zero attached hydrogens (tertiary/aromatic N) is 1. The SMILES string of the molecule is C1=CC2=CC=[N+]3C=CNC(=C1)C23. The number of rotatable bonds is 0. The van der Waals surface area contributed by atoms with Crippen LogP contribution >= 0.6 is 0 Å². The maximum atomic E-state index is 3.25. The van der Waals surface area contributed by atoms with Crippen molar-refractivity contribution in [1.82, 2.24) is 5.32 Å². The molecule has 3 aliphatic rings. The molecule has 0 amide bonds. The smallest absolute Gasteiger partial charge is 0.223 e. The second-order valence-corrected chi connectivity index (χ2v) is 3.11. The summed E-state index contributed by atoms with van der Waals surface area (Å²) in [6.07, 6.45) is 14.7. The van der Waals surface area contributed by atoms with Crippen LogP contribution in [0.1, 0.15) is 0 Å². The molecule has 2 aliphatic heterocycles. The molecule has 1 unspecified atom stereocenters. The van der Waals surface area contributed by atoms with Crippen molar-refractivity contribution in [1.29, 1.82) is 0 Å². The molecule has 0 fully saturated rings. The predicted octanol–water partition coefficient (Wildman–Crippen LogP) is 0.906. The standard InChI is InChI=1S/C10H8N2/c1-2-8-4-6-12-7-5-11-9(3-1)10(8)12/h1-7,10H/p+1. The molecule has 0 saturated heterocycles. The maximum absolute atomic E-state index is 3.25. The molecular formula is C10H9N2+. The van der Waals surface area contributed by atoms with Crippen molar-refractivity contribution < 1.29 is 4.58 Å². The third-order valence-electron chi connectivity index (χ3n) is 2.41. The quantitative estimate of drug-likeness (QED) is 0.516. The first-order chi connectivity index (χ1) is 5.95. The minimum Gasteiger partial charge on any atom is -0.354 e. The Morgan fingerprint density at radius 2 is 2.33 bits per heavy atom. The fourth-order valence-electron chi connectivity index (χ4n) is 1.84. The Hall–Kier alpha value is -1.57. The minimum atomic E-state index is 0.417. The fraction of sp³-hybridized carbons (Fsp3) is 0.100. The van der Waals surface area contributed by atoms with Crippen molar-refractivity contribution in [2.75, 3.05) is 0 Å². The van der Waals surface area contributed by atoms with Crippen molar-refractivity contribution in [3.05, 3.63) is 48.0 Å². The number of nitrogens with one attached hydrogen (secondary N) is 1. The molecule has 2 nitrogen and oxygen atoms in total. The van der Waals surface area contributed by atoms with Gasteiger partial charge in [-0.25, -0.2) is 0 Å². The van der Waals surface area contributed by atoms with Crippen molar-refractivity contribution >= 4 is 6.21 Å². The van der Waals surface area contributed by atoms with E-state index in [1.165, 1.54) is 11.3 Å². The van der Waals surface area contributed by atoms with Crippen LogP contribution in [0, 0.1) is 0 Å². The van der Waals surface area contributed by atoms with Gasteiger partial charge < -0.3 is 5.32 Å². The van der Waals surface area contributed by atoms with Crippen LogP contribution in [0.25, 0.3) is 0 Å². The molecule has 0 saturated carbocycles. The molecular weight excluding hydrogens is 148 g/mol. The van der Waals surface area contributed by atoms with Crippen molar-refractivity contribution in [3.63, 3.8) is 0 Å². The van der Waals surface area contributed by atoms with E-state index in [0.717, 1.165) is 0 Å².